The highest BCUT2D eigenvalue weighted by Gasteiger charge is 2.56. The van der Waals surface area contributed by atoms with Crippen LogP contribution < -0.4 is 0 Å². The fourth-order valence-corrected chi connectivity index (χ4v) is 2.74. The second-order valence-corrected chi connectivity index (χ2v) is 5.05. The van der Waals surface area contributed by atoms with Crippen molar-refractivity contribution in [3.63, 3.8) is 0 Å². The van der Waals surface area contributed by atoms with E-state index in [4.69, 9.17) is 0 Å². The van der Waals surface area contributed by atoms with Gasteiger partial charge in [-0.2, -0.15) is 0 Å². The molecule has 0 aromatic carbocycles. The van der Waals surface area contributed by atoms with Crippen LogP contribution in [0.1, 0.15) is 47.0 Å². The van der Waals surface area contributed by atoms with Gasteiger partial charge < -0.3 is 10.2 Å². The highest BCUT2D eigenvalue weighted by atomic mass is 16.4. The average Bonchev–Trinajstić information content (AvgIpc) is 2.42. The standard InChI is InChI=1S/C17H26O4/c1-5-9-13-17(12-8-4,15(20)21)16(10-6-2,11-7-3)14(18)19/h6-8,10-12H,5,9,13H2,1-4H3,(H,18,19)(H,20,21). The number of hydrogen-bond acceptors (Lipinski definition) is 2. The molecule has 0 aliphatic heterocycles. The van der Waals surface area contributed by atoms with Crippen molar-refractivity contribution in [3.8, 4) is 0 Å². The molecule has 0 aliphatic carbocycles. The summed E-state index contributed by atoms with van der Waals surface area (Å²) in [6.07, 6.45) is 11.0. The Labute approximate surface area is 126 Å². The van der Waals surface area contributed by atoms with E-state index in [2.05, 4.69) is 0 Å². The molecule has 0 aromatic rings. The van der Waals surface area contributed by atoms with E-state index in [9.17, 15) is 19.8 Å². The van der Waals surface area contributed by atoms with Crippen LogP contribution in [0.15, 0.2) is 36.5 Å². The Morgan fingerprint density at radius 1 is 0.905 bits per heavy atom. The topological polar surface area (TPSA) is 74.6 Å². The second-order valence-electron chi connectivity index (χ2n) is 5.05. The quantitative estimate of drug-likeness (QED) is 0.629. The summed E-state index contributed by atoms with van der Waals surface area (Å²) in [4.78, 5) is 24.0. The minimum atomic E-state index is -1.59. The van der Waals surface area contributed by atoms with Gasteiger partial charge in [-0.3, -0.25) is 9.59 Å². The first-order chi connectivity index (χ1) is 9.88. The van der Waals surface area contributed by atoms with E-state index in [1.165, 1.54) is 18.2 Å². The predicted octanol–water partition coefficient (Wildman–Crippen LogP) is 4.05. The minimum Gasteiger partial charge on any atom is -0.481 e. The van der Waals surface area contributed by atoms with Gasteiger partial charge in [0.25, 0.3) is 0 Å². The Kier molecular flexibility index (Phi) is 7.71. The summed E-state index contributed by atoms with van der Waals surface area (Å²) in [5, 5.41) is 19.6. The Morgan fingerprint density at radius 3 is 1.67 bits per heavy atom. The molecule has 1 unspecified atom stereocenters. The first-order valence-electron chi connectivity index (χ1n) is 7.26. The highest BCUT2D eigenvalue weighted by Crippen LogP contribution is 2.48. The van der Waals surface area contributed by atoms with Crippen LogP contribution >= 0.6 is 0 Å². The number of aliphatic carboxylic acids is 2. The van der Waals surface area contributed by atoms with Gasteiger partial charge in [0.1, 0.15) is 10.8 Å². The minimum absolute atomic E-state index is 0.268. The predicted molar refractivity (Wildman–Crippen MR) is 84.1 cm³/mol. The second kappa shape index (κ2) is 8.45. The third-order valence-electron chi connectivity index (χ3n) is 3.71. The molecule has 4 heteroatoms. The summed E-state index contributed by atoms with van der Waals surface area (Å²) >= 11 is 0. The van der Waals surface area contributed by atoms with Crippen molar-refractivity contribution in [1.82, 2.24) is 0 Å². The molecule has 0 radical (unpaired) electrons. The van der Waals surface area contributed by atoms with Gasteiger partial charge in [-0.1, -0.05) is 56.2 Å². The lowest BCUT2D eigenvalue weighted by Crippen LogP contribution is -2.49. The molecule has 0 fully saturated rings. The molecule has 0 aliphatic rings. The van der Waals surface area contributed by atoms with Crippen molar-refractivity contribution in [1.29, 1.82) is 0 Å². The maximum Gasteiger partial charge on any atom is 0.318 e. The van der Waals surface area contributed by atoms with Crippen LogP contribution in [0.3, 0.4) is 0 Å². The van der Waals surface area contributed by atoms with Crippen molar-refractivity contribution < 1.29 is 19.8 Å². The summed E-state index contributed by atoms with van der Waals surface area (Å²) in [5.74, 6) is -2.28. The monoisotopic (exact) mass is 294 g/mol. The van der Waals surface area contributed by atoms with Gasteiger partial charge in [-0.15, -0.1) is 0 Å². The normalized spacial score (nSPS) is 18.1. The van der Waals surface area contributed by atoms with Crippen LogP contribution in [0.25, 0.3) is 0 Å². The fourth-order valence-electron chi connectivity index (χ4n) is 2.74. The van der Waals surface area contributed by atoms with Gasteiger partial charge in [0.2, 0.25) is 0 Å². The number of hydrogen-bond donors (Lipinski definition) is 2. The number of unbranched alkanes of at least 4 members (excludes halogenated alkanes) is 1. The summed E-state index contributed by atoms with van der Waals surface area (Å²) in [5.41, 5.74) is -3.09. The van der Waals surface area contributed by atoms with Gasteiger partial charge in [0, 0.05) is 0 Å². The maximum atomic E-state index is 12.0. The molecule has 0 aromatic heterocycles. The van der Waals surface area contributed by atoms with Crippen LogP contribution in [-0.2, 0) is 9.59 Å². The molecule has 0 saturated carbocycles. The largest absolute Gasteiger partial charge is 0.481 e. The summed E-state index contributed by atoms with van der Waals surface area (Å²) in [6, 6.07) is 0. The summed E-state index contributed by atoms with van der Waals surface area (Å²) in [6.45, 7) is 7.06. The van der Waals surface area contributed by atoms with Gasteiger partial charge in [0.15, 0.2) is 0 Å². The molecule has 0 saturated heterocycles. The highest BCUT2D eigenvalue weighted by molar-refractivity contribution is 5.91. The SMILES string of the molecule is CC=CC(C=CC)(C(=O)O)C(C=CC)(CCCC)C(=O)O. The number of carboxylic acids is 2. The van der Waals surface area contributed by atoms with Gasteiger partial charge in [-0.05, 0) is 27.2 Å². The zero-order valence-corrected chi connectivity index (χ0v) is 13.3. The Morgan fingerprint density at radius 2 is 1.38 bits per heavy atom. The molecular formula is C17H26O4. The Bertz CT molecular complexity index is 434. The van der Waals surface area contributed by atoms with E-state index in [1.807, 2.05) is 6.92 Å². The molecule has 1 atom stereocenters. The van der Waals surface area contributed by atoms with E-state index in [-0.39, 0.29) is 6.42 Å². The maximum absolute atomic E-state index is 12.0. The molecule has 4 nitrogen and oxygen atoms in total. The van der Waals surface area contributed by atoms with Crippen molar-refractivity contribution in [3.05, 3.63) is 36.5 Å². The molecule has 2 N–H and O–H groups in total. The molecule has 21 heavy (non-hydrogen) atoms. The van der Waals surface area contributed by atoms with Crippen LogP contribution in [-0.4, -0.2) is 22.2 Å². The lowest BCUT2D eigenvalue weighted by atomic mass is 9.60. The number of allylic oxidation sites excluding steroid dienone is 3. The summed E-state index contributed by atoms with van der Waals surface area (Å²) in [7, 11) is 0. The third-order valence-corrected chi connectivity index (χ3v) is 3.71. The summed E-state index contributed by atoms with van der Waals surface area (Å²) < 4.78 is 0. The Balaban J connectivity index is 6.48. The van der Waals surface area contributed by atoms with Crippen molar-refractivity contribution in [2.45, 2.75) is 47.0 Å². The lowest BCUT2D eigenvalue weighted by Gasteiger charge is -2.40. The molecule has 0 spiro atoms. The van der Waals surface area contributed by atoms with E-state index >= 15 is 0 Å². The smallest absolute Gasteiger partial charge is 0.318 e. The molecule has 118 valence electrons. The lowest BCUT2D eigenvalue weighted by molar-refractivity contribution is -0.162. The van der Waals surface area contributed by atoms with E-state index in [0.717, 1.165) is 6.42 Å². The molecule has 0 heterocycles. The molecule has 0 rings (SSSR count). The van der Waals surface area contributed by atoms with Gasteiger partial charge >= 0.3 is 11.9 Å². The average molecular weight is 294 g/mol. The fraction of sp³-hybridized carbons (Fsp3) is 0.529. The van der Waals surface area contributed by atoms with Gasteiger partial charge in [0.05, 0.1) is 0 Å². The number of carbonyl (C=O) groups is 2. The van der Waals surface area contributed by atoms with Crippen molar-refractivity contribution in [2.24, 2.45) is 10.8 Å². The first-order valence-corrected chi connectivity index (χ1v) is 7.26. The third kappa shape index (κ3) is 3.63. The zero-order chi connectivity index (χ0) is 16.5. The van der Waals surface area contributed by atoms with Crippen molar-refractivity contribution >= 4 is 11.9 Å². The first kappa shape index (κ1) is 19.2. The van der Waals surface area contributed by atoms with E-state index in [1.54, 1.807) is 39.0 Å². The van der Waals surface area contributed by atoms with Gasteiger partial charge in [-0.25, -0.2) is 0 Å². The molecular weight excluding hydrogens is 268 g/mol. The molecule has 0 amide bonds. The van der Waals surface area contributed by atoms with Crippen LogP contribution in [0.2, 0.25) is 0 Å². The Hall–Kier alpha value is -1.84. The van der Waals surface area contributed by atoms with Crippen LogP contribution in [0.4, 0.5) is 0 Å². The molecule has 0 bridgehead atoms. The van der Waals surface area contributed by atoms with E-state index < -0.39 is 22.8 Å². The van der Waals surface area contributed by atoms with Crippen LogP contribution in [0, 0.1) is 10.8 Å². The number of rotatable bonds is 9. The zero-order valence-electron chi connectivity index (χ0n) is 13.3. The van der Waals surface area contributed by atoms with E-state index in [0.29, 0.717) is 6.42 Å². The van der Waals surface area contributed by atoms with Crippen molar-refractivity contribution in [2.75, 3.05) is 0 Å². The number of carboxylic acid groups (broad SMARTS) is 2. The van der Waals surface area contributed by atoms with Crippen LogP contribution in [0.5, 0.6) is 0 Å².